The van der Waals surface area contributed by atoms with Gasteiger partial charge in [0.1, 0.15) is 11.6 Å². The van der Waals surface area contributed by atoms with Gasteiger partial charge in [0.15, 0.2) is 0 Å². The van der Waals surface area contributed by atoms with Crippen molar-refractivity contribution in [2.24, 2.45) is 10.9 Å². The summed E-state index contributed by atoms with van der Waals surface area (Å²) in [5.41, 5.74) is 1.13. The highest BCUT2D eigenvalue weighted by Gasteiger charge is 2.07. The summed E-state index contributed by atoms with van der Waals surface area (Å²) in [6.07, 6.45) is 0. The number of benzene rings is 1. The predicted molar refractivity (Wildman–Crippen MR) is 66.2 cm³/mol. The van der Waals surface area contributed by atoms with Gasteiger partial charge in [-0.3, -0.25) is 4.99 Å². The van der Waals surface area contributed by atoms with Crippen LogP contribution < -0.4 is 10.1 Å². The average Bonchev–Trinajstić information content (AvgIpc) is 2.80. The number of nitrogens with one attached hydrogen (secondary N) is 1. The van der Waals surface area contributed by atoms with Gasteiger partial charge in [-0.1, -0.05) is 13.8 Å². The van der Waals surface area contributed by atoms with E-state index in [0.717, 1.165) is 36.8 Å². The maximum absolute atomic E-state index is 5.62. The van der Waals surface area contributed by atoms with Gasteiger partial charge < -0.3 is 10.1 Å². The summed E-state index contributed by atoms with van der Waals surface area (Å²) >= 11 is 0. The zero-order chi connectivity index (χ0) is 11.4. The summed E-state index contributed by atoms with van der Waals surface area (Å²) < 4.78 is 5.62. The van der Waals surface area contributed by atoms with Gasteiger partial charge in [-0.2, -0.15) is 0 Å². The highest BCUT2D eigenvalue weighted by molar-refractivity contribution is 5.99. The van der Waals surface area contributed by atoms with E-state index in [1.807, 2.05) is 24.3 Å². The van der Waals surface area contributed by atoms with Crippen LogP contribution in [0.3, 0.4) is 0 Å². The summed E-state index contributed by atoms with van der Waals surface area (Å²) in [4.78, 5) is 4.37. The first kappa shape index (κ1) is 11.0. The molecule has 16 heavy (non-hydrogen) atoms. The molecule has 1 aliphatic heterocycles. The third kappa shape index (κ3) is 2.75. The molecule has 0 spiro atoms. The third-order valence-corrected chi connectivity index (χ3v) is 2.39. The summed E-state index contributed by atoms with van der Waals surface area (Å²) in [6.45, 7) is 6.87. The molecule has 0 fully saturated rings. The molecule has 1 aromatic carbocycles. The SMILES string of the molecule is CC(C)COc1ccc(C2=NCCN2)cc1. The Morgan fingerprint density at radius 2 is 2.06 bits per heavy atom. The van der Waals surface area contributed by atoms with Crippen molar-refractivity contribution in [1.82, 2.24) is 5.32 Å². The Morgan fingerprint density at radius 3 is 2.62 bits per heavy atom. The van der Waals surface area contributed by atoms with Crippen molar-refractivity contribution in [2.45, 2.75) is 13.8 Å². The number of hydrogen-bond donors (Lipinski definition) is 1. The molecule has 0 aromatic heterocycles. The molecule has 0 unspecified atom stereocenters. The summed E-state index contributed by atoms with van der Waals surface area (Å²) in [5.74, 6) is 2.48. The number of nitrogens with zero attached hydrogens (tertiary/aromatic N) is 1. The van der Waals surface area contributed by atoms with Crippen molar-refractivity contribution in [3.63, 3.8) is 0 Å². The second-order valence-corrected chi connectivity index (χ2v) is 4.39. The number of ether oxygens (including phenoxy) is 1. The van der Waals surface area contributed by atoms with Gasteiger partial charge in [0.05, 0.1) is 13.2 Å². The zero-order valence-corrected chi connectivity index (χ0v) is 9.86. The van der Waals surface area contributed by atoms with Crippen molar-refractivity contribution in [2.75, 3.05) is 19.7 Å². The van der Waals surface area contributed by atoms with Crippen LogP contribution in [0.4, 0.5) is 0 Å². The Balaban J connectivity index is 1.99. The monoisotopic (exact) mass is 218 g/mol. The van der Waals surface area contributed by atoms with Crippen LogP contribution in [0.15, 0.2) is 29.3 Å². The molecular weight excluding hydrogens is 200 g/mol. The van der Waals surface area contributed by atoms with Gasteiger partial charge in [0, 0.05) is 12.1 Å². The fraction of sp³-hybridized carbons (Fsp3) is 0.462. The first-order valence-electron chi connectivity index (χ1n) is 5.77. The Kier molecular flexibility index (Phi) is 3.44. The van der Waals surface area contributed by atoms with E-state index in [1.165, 1.54) is 0 Å². The van der Waals surface area contributed by atoms with Crippen LogP contribution in [0.2, 0.25) is 0 Å². The molecule has 1 aromatic rings. The van der Waals surface area contributed by atoms with Gasteiger partial charge in [-0.05, 0) is 30.2 Å². The van der Waals surface area contributed by atoms with E-state index in [2.05, 4.69) is 24.2 Å². The Morgan fingerprint density at radius 1 is 1.31 bits per heavy atom. The Labute approximate surface area is 96.5 Å². The van der Waals surface area contributed by atoms with Crippen LogP contribution in [0.5, 0.6) is 5.75 Å². The van der Waals surface area contributed by atoms with E-state index in [-0.39, 0.29) is 0 Å². The maximum Gasteiger partial charge on any atom is 0.128 e. The van der Waals surface area contributed by atoms with Crippen LogP contribution in [-0.4, -0.2) is 25.5 Å². The molecule has 0 radical (unpaired) electrons. The lowest BCUT2D eigenvalue weighted by atomic mass is 10.2. The van der Waals surface area contributed by atoms with Gasteiger partial charge in [0.25, 0.3) is 0 Å². The number of amidine groups is 1. The minimum atomic E-state index is 0.556. The van der Waals surface area contributed by atoms with E-state index in [9.17, 15) is 0 Å². The number of hydrogen-bond acceptors (Lipinski definition) is 3. The molecule has 3 nitrogen and oxygen atoms in total. The summed E-state index contributed by atoms with van der Waals surface area (Å²) in [5, 5.41) is 3.25. The molecule has 0 amide bonds. The molecule has 0 bridgehead atoms. The second-order valence-electron chi connectivity index (χ2n) is 4.39. The van der Waals surface area contributed by atoms with Crippen LogP contribution in [0.25, 0.3) is 0 Å². The van der Waals surface area contributed by atoms with Gasteiger partial charge in [0.2, 0.25) is 0 Å². The summed E-state index contributed by atoms with van der Waals surface area (Å²) in [6, 6.07) is 8.10. The molecular formula is C13H18N2O. The van der Waals surface area contributed by atoms with Gasteiger partial charge in [-0.15, -0.1) is 0 Å². The molecule has 2 rings (SSSR count). The molecule has 0 saturated carbocycles. The minimum Gasteiger partial charge on any atom is -0.493 e. The van der Waals surface area contributed by atoms with Crippen LogP contribution in [0.1, 0.15) is 19.4 Å². The van der Waals surface area contributed by atoms with Gasteiger partial charge in [-0.25, -0.2) is 0 Å². The second kappa shape index (κ2) is 5.01. The normalized spacial score (nSPS) is 14.8. The quantitative estimate of drug-likeness (QED) is 0.839. The molecule has 3 heteroatoms. The van der Waals surface area contributed by atoms with Gasteiger partial charge >= 0.3 is 0 Å². The molecule has 0 saturated heterocycles. The van der Waals surface area contributed by atoms with Crippen LogP contribution in [-0.2, 0) is 0 Å². The summed E-state index contributed by atoms with van der Waals surface area (Å²) in [7, 11) is 0. The van der Waals surface area contributed by atoms with Crippen molar-refractivity contribution in [3.05, 3.63) is 29.8 Å². The highest BCUT2D eigenvalue weighted by atomic mass is 16.5. The topological polar surface area (TPSA) is 33.6 Å². The fourth-order valence-corrected chi connectivity index (χ4v) is 1.56. The van der Waals surface area contributed by atoms with Crippen molar-refractivity contribution >= 4 is 5.84 Å². The largest absolute Gasteiger partial charge is 0.493 e. The van der Waals surface area contributed by atoms with E-state index >= 15 is 0 Å². The van der Waals surface area contributed by atoms with E-state index in [1.54, 1.807) is 0 Å². The molecule has 86 valence electrons. The maximum atomic E-state index is 5.62. The van der Waals surface area contributed by atoms with E-state index in [0.29, 0.717) is 5.92 Å². The van der Waals surface area contributed by atoms with Crippen molar-refractivity contribution < 1.29 is 4.74 Å². The Bertz CT molecular complexity index is 368. The standard InChI is InChI=1S/C13H18N2O/c1-10(2)9-16-12-5-3-11(4-6-12)13-14-7-8-15-13/h3-6,10H,7-9H2,1-2H3,(H,14,15). The predicted octanol–water partition coefficient (Wildman–Crippen LogP) is 2.07. The first-order chi connectivity index (χ1) is 7.75. The molecule has 1 aliphatic rings. The third-order valence-electron chi connectivity index (χ3n) is 2.39. The van der Waals surface area contributed by atoms with Crippen LogP contribution >= 0.6 is 0 Å². The first-order valence-corrected chi connectivity index (χ1v) is 5.77. The fourth-order valence-electron chi connectivity index (χ4n) is 1.56. The van der Waals surface area contributed by atoms with E-state index < -0.39 is 0 Å². The average molecular weight is 218 g/mol. The Hall–Kier alpha value is -1.51. The molecule has 0 aliphatic carbocycles. The number of aliphatic imine (C=N–C) groups is 1. The lowest BCUT2D eigenvalue weighted by molar-refractivity contribution is 0.271. The van der Waals surface area contributed by atoms with Crippen molar-refractivity contribution in [1.29, 1.82) is 0 Å². The lowest BCUT2D eigenvalue weighted by Crippen LogP contribution is -2.19. The number of rotatable bonds is 4. The zero-order valence-electron chi connectivity index (χ0n) is 9.86. The molecule has 1 N–H and O–H groups in total. The smallest absolute Gasteiger partial charge is 0.128 e. The lowest BCUT2D eigenvalue weighted by Gasteiger charge is -2.09. The van der Waals surface area contributed by atoms with Crippen LogP contribution in [0, 0.1) is 5.92 Å². The minimum absolute atomic E-state index is 0.556. The highest BCUT2D eigenvalue weighted by Crippen LogP contribution is 2.14. The van der Waals surface area contributed by atoms with E-state index in [4.69, 9.17) is 4.74 Å². The van der Waals surface area contributed by atoms with Crippen molar-refractivity contribution in [3.8, 4) is 5.75 Å². The molecule has 0 atom stereocenters. The molecule has 1 heterocycles.